The van der Waals surface area contributed by atoms with Crippen molar-refractivity contribution in [3.05, 3.63) is 76.8 Å². The molecule has 0 unspecified atom stereocenters. The molecule has 0 aliphatic rings. The highest BCUT2D eigenvalue weighted by Crippen LogP contribution is 2.23. The Morgan fingerprint density at radius 1 is 1.04 bits per heavy atom. The fourth-order valence-electron chi connectivity index (χ4n) is 2.95. The number of nitrogens with one attached hydrogen (secondary N) is 1. The SMILES string of the molecule is CCOC(=O)c1cc(NC(=O)CCc2cccc3ccccc23)ccc1Cl. The molecule has 3 rings (SSSR count). The minimum absolute atomic E-state index is 0.125. The van der Waals surface area contributed by atoms with Crippen molar-refractivity contribution in [1.82, 2.24) is 0 Å². The highest BCUT2D eigenvalue weighted by atomic mass is 35.5. The third-order valence-corrected chi connectivity index (χ3v) is 4.58. The summed E-state index contributed by atoms with van der Waals surface area (Å²) in [6.45, 7) is 1.99. The van der Waals surface area contributed by atoms with Crippen molar-refractivity contribution in [1.29, 1.82) is 0 Å². The topological polar surface area (TPSA) is 55.4 Å². The summed E-state index contributed by atoms with van der Waals surface area (Å²) in [7, 11) is 0. The first-order valence-electron chi connectivity index (χ1n) is 8.81. The summed E-state index contributed by atoms with van der Waals surface area (Å²) in [5, 5.41) is 5.43. The number of carbonyl (C=O) groups excluding carboxylic acids is 2. The van der Waals surface area contributed by atoms with Crippen molar-refractivity contribution in [2.45, 2.75) is 19.8 Å². The molecule has 138 valence electrons. The van der Waals surface area contributed by atoms with Crippen LogP contribution in [0.2, 0.25) is 5.02 Å². The Balaban J connectivity index is 1.67. The van der Waals surface area contributed by atoms with Crippen molar-refractivity contribution >= 4 is 39.9 Å². The van der Waals surface area contributed by atoms with Crippen LogP contribution in [-0.4, -0.2) is 18.5 Å². The minimum atomic E-state index is -0.505. The van der Waals surface area contributed by atoms with E-state index in [1.165, 1.54) is 6.07 Å². The summed E-state index contributed by atoms with van der Waals surface area (Å²) in [5.41, 5.74) is 1.89. The molecule has 5 heteroatoms. The van der Waals surface area contributed by atoms with Crippen molar-refractivity contribution in [3.8, 4) is 0 Å². The molecule has 0 bridgehead atoms. The Hall–Kier alpha value is -2.85. The summed E-state index contributed by atoms with van der Waals surface area (Å²) in [5.74, 6) is -0.630. The fraction of sp³-hybridized carbons (Fsp3) is 0.182. The van der Waals surface area contributed by atoms with Crippen molar-refractivity contribution in [2.24, 2.45) is 0 Å². The zero-order chi connectivity index (χ0) is 19.2. The van der Waals surface area contributed by atoms with Gasteiger partial charge in [-0.05, 0) is 47.9 Å². The molecule has 1 amide bonds. The van der Waals surface area contributed by atoms with Gasteiger partial charge in [0.2, 0.25) is 5.91 Å². The van der Waals surface area contributed by atoms with Gasteiger partial charge >= 0.3 is 5.97 Å². The maximum Gasteiger partial charge on any atom is 0.339 e. The lowest BCUT2D eigenvalue weighted by Crippen LogP contribution is -2.13. The molecule has 0 aliphatic heterocycles. The summed E-state index contributed by atoms with van der Waals surface area (Å²) in [4.78, 5) is 24.3. The number of fused-ring (bicyclic) bond motifs is 1. The number of rotatable bonds is 6. The Kier molecular flexibility index (Phi) is 6.09. The second-order valence-corrected chi connectivity index (χ2v) is 6.51. The third kappa shape index (κ3) is 4.66. The van der Waals surface area contributed by atoms with Crippen LogP contribution in [0.1, 0.15) is 29.3 Å². The molecule has 3 aromatic rings. The van der Waals surface area contributed by atoms with E-state index in [0.29, 0.717) is 23.6 Å². The van der Waals surface area contributed by atoms with E-state index >= 15 is 0 Å². The van der Waals surface area contributed by atoms with Gasteiger partial charge < -0.3 is 10.1 Å². The van der Waals surface area contributed by atoms with Gasteiger partial charge in [-0.2, -0.15) is 0 Å². The van der Waals surface area contributed by atoms with Crippen molar-refractivity contribution in [2.75, 3.05) is 11.9 Å². The first kappa shape index (κ1) is 18.9. The lowest BCUT2D eigenvalue weighted by atomic mass is 10.0. The van der Waals surface area contributed by atoms with E-state index in [1.807, 2.05) is 24.3 Å². The number of ether oxygens (including phenoxy) is 1. The first-order chi connectivity index (χ1) is 13.1. The Labute approximate surface area is 163 Å². The van der Waals surface area contributed by atoms with Gasteiger partial charge in [0.05, 0.1) is 17.2 Å². The quantitative estimate of drug-likeness (QED) is 0.594. The number of hydrogen-bond donors (Lipinski definition) is 1. The van der Waals surface area contributed by atoms with Crippen LogP contribution in [0.15, 0.2) is 60.7 Å². The molecule has 4 nitrogen and oxygen atoms in total. The second kappa shape index (κ2) is 8.69. The highest BCUT2D eigenvalue weighted by Gasteiger charge is 2.13. The van der Waals surface area contributed by atoms with Gasteiger partial charge in [0.15, 0.2) is 0 Å². The van der Waals surface area contributed by atoms with Crippen LogP contribution in [0.3, 0.4) is 0 Å². The van der Waals surface area contributed by atoms with Crippen LogP contribution in [-0.2, 0) is 16.0 Å². The second-order valence-electron chi connectivity index (χ2n) is 6.10. The molecule has 0 aromatic heterocycles. The molecule has 0 aliphatic carbocycles. The average Bonchev–Trinajstić information content (AvgIpc) is 2.68. The van der Waals surface area contributed by atoms with Gasteiger partial charge in [-0.1, -0.05) is 54.1 Å². The summed E-state index contributed by atoms with van der Waals surface area (Å²) in [6, 6.07) is 19.0. The van der Waals surface area contributed by atoms with Gasteiger partial charge in [0.1, 0.15) is 0 Å². The maximum atomic E-state index is 12.4. The number of aryl methyl sites for hydroxylation is 1. The number of anilines is 1. The lowest BCUT2D eigenvalue weighted by Gasteiger charge is -2.10. The molecule has 0 spiro atoms. The number of benzene rings is 3. The summed E-state index contributed by atoms with van der Waals surface area (Å²) in [6.07, 6.45) is 0.969. The molecule has 3 aromatic carbocycles. The van der Waals surface area contributed by atoms with E-state index in [9.17, 15) is 9.59 Å². The van der Waals surface area contributed by atoms with Gasteiger partial charge in [-0.3, -0.25) is 4.79 Å². The van der Waals surface area contributed by atoms with Crippen LogP contribution in [0.5, 0.6) is 0 Å². The molecular weight excluding hydrogens is 362 g/mol. The van der Waals surface area contributed by atoms with E-state index in [2.05, 4.69) is 23.5 Å². The molecule has 0 fully saturated rings. The molecule has 0 saturated heterocycles. The van der Waals surface area contributed by atoms with Gasteiger partial charge in [-0.15, -0.1) is 0 Å². The standard InChI is InChI=1S/C22H20ClNO3/c1-2-27-22(26)19-14-17(11-12-20(19)23)24-21(25)13-10-16-8-5-7-15-6-3-4-9-18(15)16/h3-9,11-12,14H,2,10,13H2,1H3,(H,24,25). The molecule has 0 radical (unpaired) electrons. The monoisotopic (exact) mass is 381 g/mol. The van der Waals surface area contributed by atoms with Gasteiger partial charge in [0.25, 0.3) is 0 Å². The Bertz CT molecular complexity index is 979. The predicted octanol–water partition coefficient (Wildman–Crippen LogP) is 5.24. The zero-order valence-corrected chi connectivity index (χ0v) is 15.8. The number of hydrogen-bond acceptors (Lipinski definition) is 3. The largest absolute Gasteiger partial charge is 0.462 e. The molecule has 27 heavy (non-hydrogen) atoms. The Morgan fingerprint density at radius 2 is 1.81 bits per heavy atom. The number of amides is 1. The minimum Gasteiger partial charge on any atom is -0.462 e. The molecule has 0 heterocycles. The number of halogens is 1. The van der Waals surface area contributed by atoms with Gasteiger partial charge in [-0.25, -0.2) is 4.79 Å². The van der Waals surface area contributed by atoms with Crippen LogP contribution in [0.4, 0.5) is 5.69 Å². The van der Waals surface area contributed by atoms with Crippen LogP contribution in [0, 0.1) is 0 Å². The molecule has 1 N–H and O–H groups in total. The highest BCUT2D eigenvalue weighted by molar-refractivity contribution is 6.33. The smallest absolute Gasteiger partial charge is 0.339 e. The predicted molar refractivity (Wildman–Crippen MR) is 108 cm³/mol. The number of esters is 1. The van der Waals surface area contributed by atoms with Crippen molar-refractivity contribution in [3.63, 3.8) is 0 Å². The van der Waals surface area contributed by atoms with Gasteiger partial charge in [0, 0.05) is 12.1 Å². The summed E-state index contributed by atoms with van der Waals surface area (Å²) < 4.78 is 4.98. The van der Waals surface area contributed by atoms with E-state index in [1.54, 1.807) is 19.1 Å². The molecule has 0 atom stereocenters. The first-order valence-corrected chi connectivity index (χ1v) is 9.19. The van der Waals surface area contributed by atoms with Crippen LogP contribution >= 0.6 is 11.6 Å². The average molecular weight is 382 g/mol. The molecule has 0 saturated carbocycles. The van der Waals surface area contributed by atoms with Crippen LogP contribution in [0.25, 0.3) is 10.8 Å². The van der Waals surface area contributed by atoms with E-state index in [-0.39, 0.29) is 18.1 Å². The van der Waals surface area contributed by atoms with E-state index < -0.39 is 5.97 Å². The zero-order valence-electron chi connectivity index (χ0n) is 15.0. The lowest BCUT2D eigenvalue weighted by molar-refractivity contribution is -0.116. The summed E-state index contributed by atoms with van der Waals surface area (Å²) >= 11 is 6.05. The van der Waals surface area contributed by atoms with Crippen molar-refractivity contribution < 1.29 is 14.3 Å². The van der Waals surface area contributed by atoms with Crippen LogP contribution < -0.4 is 5.32 Å². The maximum absolute atomic E-state index is 12.4. The normalized spacial score (nSPS) is 10.6. The molecular formula is C22H20ClNO3. The third-order valence-electron chi connectivity index (χ3n) is 4.25. The fourth-order valence-corrected chi connectivity index (χ4v) is 3.15. The van der Waals surface area contributed by atoms with E-state index in [0.717, 1.165) is 16.3 Å². The Morgan fingerprint density at radius 3 is 2.63 bits per heavy atom. The van der Waals surface area contributed by atoms with E-state index in [4.69, 9.17) is 16.3 Å². The number of carbonyl (C=O) groups is 2.